The highest BCUT2D eigenvalue weighted by Crippen LogP contribution is 2.12. The van der Waals surface area contributed by atoms with Gasteiger partial charge in [-0.2, -0.15) is 0 Å². The minimum Gasteiger partial charge on any atom is -0.466 e. The molecule has 1 saturated heterocycles. The molecule has 0 amide bonds. The summed E-state index contributed by atoms with van der Waals surface area (Å²) in [4.78, 5) is 11.6. The van der Waals surface area contributed by atoms with Crippen molar-refractivity contribution in [3.8, 4) is 0 Å². The van der Waals surface area contributed by atoms with Crippen molar-refractivity contribution >= 4 is 5.97 Å². The van der Waals surface area contributed by atoms with Gasteiger partial charge in [0.2, 0.25) is 0 Å². The zero-order valence-electron chi connectivity index (χ0n) is 10.7. The molecule has 0 bridgehead atoms. The number of benzene rings is 1. The van der Waals surface area contributed by atoms with Crippen molar-refractivity contribution in [3.63, 3.8) is 0 Å². The minimum absolute atomic E-state index is 0.0447. The van der Waals surface area contributed by atoms with Crippen LogP contribution in [0.3, 0.4) is 0 Å². The first kappa shape index (κ1) is 13.1. The molecule has 0 spiro atoms. The van der Waals surface area contributed by atoms with Gasteiger partial charge in [0.25, 0.3) is 0 Å². The van der Waals surface area contributed by atoms with Crippen LogP contribution in [-0.2, 0) is 16.0 Å². The zero-order valence-corrected chi connectivity index (χ0v) is 10.7. The number of hydrogen-bond acceptors (Lipinski definition) is 3. The summed E-state index contributed by atoms with van der Waals surface area (Å²) < 4.78 is 5.26. The van der Waals surface area contributed by atoms with Gasteiger partial charge in [-0.05, 0) is 43.8 Å². The van der Waals surface area contributed by atoms with E-state index >= 15 is 0 Å². The van der Waals surface area contributed by atoms with Crippen LogP contribution in [0.25, 0.3) is 0 Å². The summed E-state index contributed by atoms with van der Waals surface area (Å²) in [5.74, 6) is 0.434. The Bertz CT molecular complexity index is 358. The molecule has 0 saturated carbocycles. The van der Waals surface area contributed by atoms with Crippen molar-refractivity contribution in [1.29, 1.82) is 0 Å². The Hall–Kier alpha value is -1.35. The second-order valence-corrected chi connectivity index (χ2v) is 4.87. The lowest BCUT2D eigenvalue weighted by Gasteiger charge is -2.08. The van der Waals surface area contributed by atoms with E-state index in [-0.39, 0.29) is 5.97 Å². The fourth-order valence-electron chi connectivity index (χ4n) is 2.29. The Labute approximate surface area is 109 Å². The van der Waals surface area contributed by atoms with E-state index in [0.29, 0.717) is 18.9 Å². The fourth-order valence-corrected chi connectivity index (χ4v) is 2.29. The van der Waals surface area contributed by atoms with Gasteiger partial charge in [0.05, 0.1) is 6.61 Å². The summed E-state index contributed by atoms with van der Waals surface area (Å²) >= 11 is 0. The molecule has 3 nitrogen and oxygen atoms in total. The molecule has 0 aromatic heterocycles. The second-order valence-electron chi connectivity index (χ2n) is 4.87. The Balaban J connectivity index is 1.56. The van der Waals surface area contributed by atoms with Crippen molar-refractivity contribution in [1.82, 2.24) is 5.32 Å². The fraction of sp³-hybridized carbons (Fsp3) is 0.533. The first-order valence-electron chi connectivity index (χ1n) is 6.75. The molecule has 1 N–H and O–H groups in total. The molecule has 1 aromatic carbocycles. The number of esters is 1. The Morgan fingerprint density at radius 2 is 2.17 bits per heavy atom. The van der Waals surface area contributed by atoms with Gasteiger partial charge in [-0.3, -0.25) is 4.79 Å². The Morgan fingerprint density at radius 1 is 1.33 bits per heavy atom. The largest absolute Gasteiger partial charge is 0.466 e. The summed E-state index contributed by atoms with van der Waals surface area (Å²) in [6, 6.07) is 10.3. The summed E-state index contributed by atoms with van der Waals surface area (Å²) in [6.45, 7) is 2.53. The second kappa shape index (κ2) is 7.17. The number of carbonyl (C=O) groups is 1. The van der Waals surface area contributed by atoms with E-state index in [1.807, 2.05) is 18.2 Å². The summed E-state index contributed by atoms with van der Waals surface area (Å²) in [6.07, 6.45) is 3.54. The van der Waals surface area contributed by atoms with Crippen LogP contribution < -0.4 is 5.32 Å². The molecule has 0 radical (unpaired) electrons. The molecule has 3 heteroatoms. The molecule has 1 aromatic rings. The normalized spacial score (nSPS) is 18.8. The van der Waals surface area contributed by atoms with Crippen molar-refractivity contribution in [2.24, 2.45) is 5.92 Å². The third kappa shape index (κ3) is 4.49. The van der Waals surface area contributed by atoms with E-state index in [1.54, 1.807) is 0 Å². The van der Waals surface area contributed by atoms with E-state index < -0.39 is 0 Å². The van der Waals surface area contributed by atoms with Crippen LogP contribution >= 0.6 is 0 Å². The number of ether oxygens (including phenoxy) is 1. The third-order valence-electron chi connectivity index (χ3n) is 3.33. The van der Waals surface area contributed by atoms with E-state index in [4.69, 9.17) is 4.74 Å². The van der Waals surface area contributed by atoms with Crippen LogP contribution in [0.1, 0.15) is 24.8 Å². The lowest BCUT2D eigenvalue weighted by Crippen LogP contribution is -2.15. The van der Waals surface area contributed by atoms with Crippen molar-refractivity contribution < 1.29 is 9.53 Å². The van der Waals surface area contributed by atoms with Gasteiger partial charge in [-0.1, -0.05) is 30.3 Å². The van der Waals surface area contributed by atoms with E-state index in [9.17, 15) is 4.79 Å². The third-order valence-corrected chi connectivity index (χ3v) is 3.33. The average molecular weight is 247 g/mol. The highest BCUT2D eigenvalue weighted by atomic mass is 16.5. The lowest BCUT2D eigenvalue weighted by atomic mass is 10.1. The van der Waals surface area contributed by atoms with Gasteiger partial charge in [0.1, 0.15) is 0 Å². The van der Waals surface area contributed by atoms with Gasteiger partial charge in [-0.15, -0.1) is 0 Å². The van der Waals surface area contributed by atoms with E-state index in [1.165, 1.54) is 5.56 Å². The smallest absolute Gasteiger partial charge is 0.306 e. The summed E-state index contributed by atoms with van der Waals surface area (Å²) in [5.41, 5.74) is 1.30. The highest BCUT2D eigenvalue weighted by molar-refractivity contribution is 5.69. The predicted molar refractivity (Wildman–Crippen MR) is 71.3 cm³/mol. The SMILES string of the molecule is O=C(CC1CCNC1)OCCCc1ccccc1. The number of nitrogens with one attached hydrogen (secondary N) is 1. The van der Waals surface area contributed by atoms with Gasteiger partial charge in [0, 0.05) is 6.42 Å². The van der Waals surface area contributed by atoms with Crippen molar-refractivity contribution in [3.05, 3.63) is 35.9 Å². The standard InChI is InChI=1S/C15H21NO2/c17-15(11-14-8-9-16-12-14)18-10-4-7-13-5-2-1-3-6-13/h1-3,5-6,14,16H,4,7-12H2. The molecule has 98 valence electrons. The van der Waals surface area contributed by atoms with Crippen LogP contribution in [0.4, 0.5) is 0 Å². The monoisotopic (exact) mass is 247 g/mol. The molecule has 1 atom stereocenters. The summed E-state index contributed by atoms with van der Waals surface area (Å²) in [7, 11) is 0. The molecule has 1 aliphatic heterocycles. The quantitative estimate of drug-likeness (QED) is 0.618. The molecule has 1 aliphatic rings. The number of aryl methyl sites for hydroxylation is 1. The van der Waals surface area contributed by atoms with Gasteiger partial charge in [-0.25, -0.2) is 0 Å². The van der Waals surface area contributed by atoms with Gasteiger partial charge >= 0.3 is 5.97 Å². The zero-order chi connectivity index (χ0) is 12.6. The number of carbonyl (C=O) groups excluding carboxylic acids is 1. The van der Waals surface area contributed by atoms with E-state index in [2.05, 4.69) is 17.4 Å². The molecule has 0 aliphatic carbocycles. The van der Waals surface area contributed by atoms with Gasteiger partial charge < -0.3 is 10.1 Å². The highest BCUT2D eigenvalue weighted by Gasteiger charge is 2.18. The summed E-state index contributed by atoms with van der Waals surface area (Å²) in [5, 5.41) is 3.26. The topological polar surface area (TPSA) is 38.3 Å². The first-order chi connectivity index (χ1) is 8.84. The van der Waals surface area contributed by atoms with Crippen LogP contribution in [0.2, 0.25) is 0 Å². The average Bonchev–Trinajstić information content (AvgIpc) is 2.89. The Kier molecular flexibility index (Phi) is 5.21. The van der Waals surface area contributed by atoms with E-state index in [0.717, 1.165) is 32.4 Å². The molecule has 1 fully saturated rings. The molecule has 18 heavy (non-hydrogen) atoms. The Morgan fingerprint density at radius 3 is 2.89 bits per heavy atom. The molecule has 1 heterocycles. The maximum absolute atomic E-state index is 11.6. The van der Waals surface area contributed by atoms with Gasteiger partial charge in [0.15, 0.2) is 0 Å². The maximum Gasteiger partial charge on any atom is 0.306 e. The van der Waals surface area contributed by atoms with Crippen LogP contribution in [0, 0.1) is 5.92 Å². The lowest BCUT2D eigenvalue weighted by molar-refractivity contribution is -0.144. The molecular weight excluding hydrogens is 226 g/mol. The van der Waals surface area contributed by atoms with Crippen molar-refractivity contribution in [2.75, 3.05) is 19.7 Å². The van der Waals surface area contributed by atoms with Crippen molar-refractivity contribution in [2.45, 2.75) is 25.7 Å². The number of rotatable bonds is 6. The maximum atomic E-state index is 11.6. The first-order valence-corrected chi connectivity index (χ1v) is 6.75. The molecule has 2 rings (SSSR count). The molecular formula is C15H21NO2. The number of hydrogen-bond donors (Lipinski definition) is 1. The van der Waals surface area contributed by atoms with Crippen LogP contribution in [0.5, 0.6) is 0 Å². The van der Waals surface area contributed by atoms with Crippen LogP contribution in [0.15, 0.2) is 30.3 Å². The minimum atomic E-state index is -0.0447. The predicted octanol–water partition coefficient (Wildman–Crippen LogP) is 2.16. The van der Waals surface area contributed by atoms with Crippen LogP contribution in [-0.4, -0.2) is 25.7 Å². The molecule has 1 unspecified atom stereocenters.